The van der Waals surface area contributed by atoms with Gasteiger partial charge >= 0.3 is 0 Å². The molecule has 11 heavy (non-hydrogen) atoms. The fraction of sp³-hybridized carbons (Fsp3) is 1.00. The highest BCUT2D eigenvalue weighted by Gasteiger charge is 2.14. The first-order chi connectivity index (χ1) is 5.33. The number of rotatable bonds is 2. The third kappa shape index (κ3) is 2.76. The Morgan fingerprint density at radius 1 is 1.82 bits per heavy atom. The minimum absolute atomic E-state index is 0.262. The van der Waals surface area contributed by atoms with E-state index in [1.165, 1.54) is 0 Å². The molecular formula is C6H12N4O. The maximum Gasteiger partial charge on any atom is 0.0775 e. The van der Waals surface area contributed by atoms with Crippen LogP contribution in [0.5, 0.6) is 0 Å². The van der Waals surface area contributed by atoms with Crippen LogP contribution in [0.1, 0.15) is 6.92 Å². The van der Waals surface area contributed by atoms with Crippen molar-refractivity contribution in [2.24, 2.45) is 5.11 Å². The zero-order valence-electron chi connectivity index (χ0n) is 6.60. The molecule has 0 aromatic rings. The molecule has 0 spiro atoms. The number of nitrogens with zero attached hydrogens (tertiary/aromatic N) is 4. The Bertz CT molecular complexity index is 166. The van der Waals surface area contributed by atoms with E-state index < -0.39 is 0 Å². The van der Waals surface area contributed by atoms with Gasteiger partial charge in [0, 0.05) is 18.0 Å². The summed E-state index contributed by atoms with van der Waals surface area (Å²) in [5.74, 6) is 0. The normalized spacial score (nSPS) is 26.1. The second-order valence-electron chi connectivity index (χ2n) is 2.63. The molecule has 5 nitrogen and oxygen atoms in total. The lowest BCUT2D eigenvalue weighted by atomic mass is 10.3. The van der Waals surface area contributed by atoms with Crippen LogP contribution < -0.4 is 0 Å². The van der Waals surface area contributed by atoms with E-state index >= 15 is 0 Å². The molecule has 0 radical (unpaired) electrons. The Balaban J connectivity index is 2.27. The van der Waals surface area contributed by atoms with E-state index in [1.807, 2.05) is 6.92 Å². The fourth-order valence-corrected chi connectivity index (χ4v) is 1.14. The Hall–Kier alpha value is -0.770. The predicted molar refractivity (Wildman–Crippen MR) is 41.0 cm³/mol. The molecule has 0 amide bonds. The molecule has 1 atom stereocenters. The van der Waals surface area contributed by atoms with Crippen LogP contribution >= 0.6 is 0 Å². The van der Waals surface area contributed by atoms with E-state index in [0.717, 1.165) is 19.7 Å². The first-order valence-electron chi connectivity index (χ1n) is 3.67. The van der Waals surface area contributed by atoms with Crippen LogP contribution in [-0.2, 0) is 4.74 Å². The van der Waals surface area contributed by atoms with E-state index in [-0.39, 0.29) is 6.10 Å². The van der Waals surface area contributed by atoms with Crippen molar-refractivity contribution >= 4 is 0 Å². The number of morpholine rings is 1. The molecule has 0 bridgehead atoms. The summed E-state index contributed by atoms with van der Waals surface area (Å²) in [6, 6.07) is 0. The van der Waals surface area contributed by atoms with Crippen molar-refractivity contribution in [3.05, 3.63) is 10.4 Å². The van der Waals surface area contributed by atoms with E-state index in [4.69, 9.17) is 10.3 Å². The Labute approximate surface area is 65.6 Å². The summed E-state index contributed by atoms with van der Waals surface area (Å²) in [4.78, 5) is 4.77. The Kier molecular flexibility index (Phi) is 3.16. The van der Waals surface area contributed by atoms with Gasteiger partial charge in [-0.1, -0.05) is 5.11 Å². The van der Waals surface area contributed by atoms with Gasteiger partial charge in [0.2, 0.25) is 0 Å². The Morgan fingerprint density at radius 2 is 2.64 bits per heavy atom. The van der Waals surface area contributed by atoms with Crippen molar-refractivity contribution in [1.29, 1.82) is 0 Å². The van der Waals surface area contributed by atoms with E-state index in [1.54, 1.807) is 0 Å². The molecule has 1 aliphatic rings. The smallest absolute Gasteiger partial charge is 0.0775 e. The largest absolute Gasteiger partial charge is 0.376 e. The molecule has 5 heteroatoms. The van der Waals surface area contributed by atoms with E-state index in [2.05, 4.69) is 14.9 Å². The monoisotopic (exact) mass is 156 g/mol. The van der Waals surface area contributed by atoms with Crippen LogP contribution in [0.15, 0.2) is 5.11 Å². The maximum atomic E-state index is 8.06. The van der Waals surface area contributed by atoms with Gasteiger partial charge in [-0.05, 0) is 12.5 Å². The number of hydrogen-bond acceptors (Lipinski definition) is 3. The molecule has 0 aromatic carbocycles. The van der Waals surface area contributed by atoms with E-state index in [9.17, 15) is 0 Å². The van der Waals surface area contributed by atoms with Gasteiger partial charge in [0.1, 0.15) is 0 Å². The lowest BCUT2D eigenvalue weighted by Crippen LogP contribution is -2.40. The zero-order chi connectivity index (χ0) is 8.10. The van der Waals surface area contributed by atoms with Crippen LogP contribution in [-0.4, -0.2) is 37.4 Å². The molecule has 1 heterocycles. The standard InChI is InChI=1S/C6H12N4O/c1-6-4-10(2-3-11-6)5-8-9-7/h6H,2-5H2,1H3. The number of azide groups is 1. The van der Waals surface area contributed by atoms with Crippen molar-refractivity contribution in [1.82, 2.24) is 4.90 Å². The van der Waals surface area contributed by atoms with Gasteiger partial charge in [-0.3, -0.25) is 4.90 Å². The minimum atomic E-state index is 0.262. The van der Waals surface area contributed by atoms with Gasteiger partial charge in [-0.2, -0.15) is 0 Å². The van der Waals surface area contributed by atoms with E-state index in [0.29, 0.717) is 6.67 Å². The van der Waals surface area contributed by atoms with Crippen LogP contribution in [0.4, 0.5) is 0 Å². The molecule has 1 aliphatic heterocycles. The summed E-state index contributed by atoms with van der Waals surface area (Å²) >= 11 is 0. The highest BCUT2D eigenvalue weighted by molar-refractivity contribution is 4.66. The molecule has 62 valence electrons. The quantitative estimate of drug-likeness (QED) is 0.340. The molecule has 0 N–H and O–H groups in total. The molecule has 0 aliphatic carbocycles. The van der Waals surface area contributed by atoms with Crippen LogP contribution in [0, 0.1) is 0 Å². The highest BCUT2D eigenvalue weighted by Crippen LogP contribution is 2.03. The topological polar surface area (TPSA) is 61.2 Å². The summed E-state index contributed by atoms with van der Waals surface area (Å²) in [6.07, 6.45) is 0.262. The minimum Gasteiger partial charge on any atom is -0.376 e. The van der Waals surface area contributed by atoms with Gasteiger partial charge in [0.15, 0.2) is 0 Å². The predicted octanol–water partition coefficient (Wildman–Crippen LogP) is 0.975. The molecule has 1 rings (SSSR count). The highest BCUT2D eigenvalue weighted by atomic mass is 16.5. The van der Waals surface area contributed by atoms with Crippen LogP contribution in [0.3, 0.4) is 0 Å². The first kappa shape index (κ1) is 8.33. The third-order valence-corrected chi connectivity index (χ3v) is 1.65. The van der Waals surface area contributed by atoms with Crippen LogP contribution in [0.2, 0.25) is 0 Å². The SMILES string of the molecule is CC1CN(CN=[N+]=[N-])CCO1. The molecule has 0 saturated carbocycles. The van der Waals surface area contributed by atoms with Crippen molar-refractivity contribution < 1.29 is 4.74 Å². The van der Waals surface area contributed by atoms with Gasteiger partial charge in [0.05, 0.1) is 19.4 Å². The first-order valence-corrected chi connectivity index (χ1v) is 3.67. The summed E-state index contributed by atoms with van der Waals surface area (Å²) in [7, 11) is 0. The second kappa shape index (κ2) is 4.18. The number of hydrogen-bond donors (Lipinski definition) is 0. The summed E-state index contributed by atoms with van der Waals surface area (Å²) in [6.45, 7) is 4.94. The van der Waals surface area contributed by atoms with Gasteiger partial charge < -0.3 is 4.74 Å². The third-order valence-electron chi connectivity index (χ3n) is 1.65. The van der Waals surface area contributed by atoms with Gasteiger partial charge in [-0.15, -0.1) is 0 Å². The molecule has 1 unspecified atom stereocenters. The van der Waals surface area contributed by atoms with Gasteiger partial charge in [0.25, 0.3) is 0 Å². The average molecular weight is 156 g/mol. The second-order valence-corrected chi connectivity index (χ2v) is 2.63. The molecule has 1 saturated heterocycles. The summed E-state index contributed by atoms with van der Waals surface area (Å²) in [5, 5.41) is 3.48. The van der Waals surface area contributed by atoms with Crippen molar-refractivity contribution in [3.8, 4) is 0 Å². The lowest BCUT2D eigenvalue weighted by molar-refractivity contribution is -0.0172. The summed E-state index contributed by atoms with van der Waals surface area (Å²) in [5.41, 5.74) is 8.06. The fourth-order valence-electron chi connectivity index (χ4n) is 1.14. The molecule has 0 aromatic heterocycles. The maximum absolute atomic E-state index is 8.06. The van der Waals surface area contributed by atoms with Crippen molar-refractivity contribution in [3.63, 3.8) is 0 Å². The van der Waals surface area contributed by atoms with Crippen molar-refractivity contribution in [2.45, 2.75) is 13.0 Å². The molecule has 1 fully saturated rings. The number of ether oxygens (including phenoxy) is 1. The van der Waals surface area contributed by atoms with Gasteiger partial charge in [-0.25, -0.2) is 0 Å². The van der Waals surface area contributed by atoms with Crippen molar-refractivity contribution in [2.75, 3.05) is 26.4 Å². The van der Waals surface area contributed by atoms with Crippen LogP contribution in [0.25, 0.3) is 10.4 Å². The summed E-state index contributed by atoms with van der Waals surface area (Å²) < 4.78 is 5.31. The molecular weight excluding hydrogens is 144 g/mol. The zero-order valence-corrected chi connectivity index (χ0v) is 6.60. The lowest BCUT2D eigenvalue weighted by Gasteiger charge is -2.29. The Morgan fingerprint density at radius 3 is 3.27 bits per heavy atom. The average Bonchev–Trinajstić information content (AvgIpc) is 2.01.